The number of carboxylic acid groups (broad SMARTS) is 1. The van der Waals surface area contributed by atoms with Crippen molar-refractivity contribution >= 4 is 62.1 Å². The van der Waals surface area contributed by atoms with Gasteiger partial charge in [-0.2, -0.15) is 13.5 Å². The number of nitrogens with zero attached hydrogens (tertiary/aromatic N) is 4. The monoisotopic (exact) mass is 641 g/mol. The van der Waals surface area contributed by atoms with Crippen molar-refractivity contribution in [2.45, 2.75) is 12.5 Å². The molecule has 1 aromatic carbocycles. The van der Waals surface area contributed by atoms with E-state index in [1.165, 1.54) is 18.3 Å². The van der Waals surface area contributed by atoms with Gasteiger partial charge in [-0.25, -0.2) is 33.2 Å². The van der Waals surface area contributed by atoms with Crippen LogP contribution >= 0.6 is 15.9 Å². The number of hydrazine groups is 1. The maximum Gasteiger partial charge on any atom is 0.405 e. The number of carbonyl (C=O) groups is 6. The minimum absolute atomic E-state index is 0.185. The zero-order valence-corrected chi connectivity index (χ0v) is 22.5. The van der Waals surface area contributed by atoms with Gasteiger partial charge in [0.2, 0.25) is 0 Å². The third kappa shape index (κ3) is 5.83. The molecule has 0 radical (unpaired) electrons. The van der Waals surface area contributed by atoms with Crippen LogP contribution in [0.3, 0.4) is 0 Å². The number of carbonyl (C=O) groups excluding carboxylic acids is 5. The second-order valence-corrected chi connectivity index (χ2v) is 10.8. The number of nitrogens with one attached hydrogen (secondary N) is 3. The van der Waals surface area contributed by atoms with Crippen LogP contribution in [-0.4, -0.2) is 94.4 Å². The normalized spacial score (nSPS) is 18.9. The fourth-order valence-corrected chi connectivity index (χ4v) is 5.27. The summed E-state index contributed by atoms with van der Waals surface area (Å²) in [5.74, 6) is -2.67. The molecule has 0 aliphatic carbocycles. The number of β-lactam (4-membered cyclic amide) rings is 1. The van der Waals surface area contributed by atoms with E-state index in [0.29, 0.717) is 14.4 Å². The van der Waals surface area contributed by atoms with E-state index in [4.69, 9.17) is 9.94 Å². The first-order valence-corrected chi connectivity index (χ1v) is 13.5. The summed E-state index contributed by atoms with van der Waals surface area (Å²) < 4.78 is 27.4. The molecule has 1 aromatic rings. The summed E-state index contributed by atoms with van der Waals surface area (Å²) in [6, 6.07) is 4.15. The van der Waals surface area contributed by atoms with E-state index in [9.17, 15) is 37.2 Å². The molecular formula is C21H20BrN7O10S. The first-order valence-electron chi connectivity index (χ1n) is 11.3. The summed E-state index contributed by atoms with van der Waals surface area (Å²) in [6.45, 7) is -1.18. The molecule has 3 aliphatic heterocycles. The van der Waals surface area contributed by atoms with E-state index in [1.807, 2.05) is 5.32 Å². The molecule has 0 bridgehead atoms. The second-order valence-electron chi connectivity index (χ2n) is 8.22. The van der Waals surface area contributed by atoms with E-state index in [-0.39, 0.29) is 28.5 Å². The van der Waals surface area contributed by atoms with E-state index in [2.05, 4.69) is 21.4 Å². The zero-order valence-electron chi connectivity index (χ0n) is 20.1. The maximum absolute atomic E-state index is 13.1. The Balaban J connectivity index is 1.38. The fourth-order valence-electron chi connectivity index (χ4n) is 3.66. The largest absolute Gasteiger partial charge is 0.465 e. The predicted octanol–water partition coefficient (Wildman–Crippen LogP) is -0.214. The van der Waals surface area contributed by atoms with Gasteiger partial charge in [-0.15, -0.1) is 0 Å². The molecule has 3 heterocycles. The van der Waals surface area contributed by atoms with E-state index < -0.39 is 65.3 Å². The van der Waals surface area contributed by atoms with E-state index in [0.717, 1.165) is 5.06 Å². The number of allylic oxidation sites excluding steroid dienone is 2. The van der Waals surface area contributed by atoms with Crippen LogP contribution in [0.15, 0.2) is 52.8 Å². The molecule has 0 aromatic heterocycles. The molecule has 0 spiro atoms. The van der Waals surface area contributed by atoms with Gasteiger partial charge in [-0.3, -0.25) is 19.9 Å². The van der Waals surface area contributed by atoms with Crippen molar-refractivity contribution in [3.05, 3.63) is 58.4 Å². The molecule has 3 aliphatic rings. The lowest BCUT2D eigenvalue weighted by Gasteiger charge is -2.36. The molecule has 4 rings (SSSR count). The second kappa shape index (κ2) is 11.2. The van der Waals surface area contributed by atoms with Gasteiger partial charge in [0.05, 0.1) is 25.2 Å². The minimum atomic E-state index is -4.81. The van der Waals surface area contributed by atoms with Crippen molar-refractivity contribution in [1.82, 2.24) is 34.7 Å². The van der Waals surface area contributed by atoms with Crippen LogP contribution in [0, 0.1) is 0 Å². The number of hydrogen-bond acceptors (Lipinski definition) is 10. The summed E-state index contributed by atoms with van der Waals surface area (Å²) in [4.78, 5) is 78.8. The number of urea groups is 2. The lowest BCUT2D eigenvalue weighted by molar-refractivity contribution is -0.139. The third-order valence-electron chi connectivity index (χ3n) is 5.61. The topological polar surface area (TPSA) is 215 Å². The van der Waals surface area contributed by atoms with Crippen molar-refractivity contribution in [2.24, 2.45) is 0 Å². The molecule has 17 nitrogen and oxygen atoms in total. The number of benzene rings is 1. The van der Waals surface area contributed by atoms with Gasteiger partial charge >= 0.3 is 34.3 Å². The van der Waals surface area contributed by atoms with Crippen LogP contribution in [0.1, 0.15) is 16.8 Å². The summed E-state index contributed by atoms with van der Waals surface area (Å²) in [5.41, 5.74) is 2.27. The lowest BCUT2D eigenvalue weighted by Crippen LogP contribution is -2.67. The molecule has 2 fully saturated rings. The van der Waals surface area contributed by atoms with Crippen molar-refractivity contribution in [3.8, 4) is 0 Å². The SMILES string of the molecule is O=C(O)NC1CN(C(=O)NS(=O)(=O)N2CCN(NC(=O)C3=C(Br)CC=CN3OC(=O)c3ccccc3)C2=O)C1=O. The Morgan fingerprint density at radius 1 is 1.07 bits per heavy atom. The van der Waals surface area contributed by atoms with Gasteiger partial charge in [-0.05, 0) is 12.1 Å². The molecule has 1 atom stereocenters. The van der Waals surface area contributed by atoms with E-state index in [1.54, 1.807) is 29.0 Å². The van der Waals surface area contributed by atoms with Crippen molar-refractivity contribution in [1.29, 1.82) is 0 Å². The fraction of sp³-hybridized carbons (Fsp3) is 0.238. The average Bonchev–Trinajstić information content (AvgIpc) is 3.26. The number of hydroxylamine groups is 2. The number of imide groups is 1. The Labute approximate surface area is 234 Å². The first-order chi connectivity index (χ1) is 18.9. The molecular weight excluding hydrogens is 622 g/mol. The molecule has 4 N–H and O–H groups in total. The summed E-state index contributed by atoms with van der Waals surface area (Å²) in [7, 11) is -4.81. The minimum Gasteiger partial charge on any atom is -0.465 e. The number of likely N-dealkylation sites (tertiary alicyclic amines) is 1. The van der Waals surface area contributed by atoms with Gasteiger partial charge < -0.3 is 15.3 Å². The smallest absolute Gasteiger partial charge is 0.405 e. The summed E-state index contributed by atoms with van der Waals surface area (Å²) in [6.07, 6.45) is 1.67. The molecule has 0 saturated carbocycles. The van der Waals surface area contributed by atoms with Crippen molar-refractivity contribution in [2.75, 3.05) is 19.6 Å². The van der Waals surface area contributed by atoms with Crippen LogP contribution in [0.2, 0.25) is 0 Å². The highest BCUT2D eigenvalue weighted by atomic mass is 79.9. The van der Waals surface area contributed by atoms with E-state index >= 15 is 0 Å². The van der Waals surface area contributed by atoms with Gasteiger partial charge in [0, 0.05) is 17.1 Å². The number of amides is 7. The summed E-state index contributed by atoms with van der Waals surface area (Å²) >= 11 is 3.23. The van der Waals surface area contributed by atoms with Gasteiger partial charge in [0.25, 0.3) is 11.8 Å². The van der Waals surface area contributed by atoms with Gasteiger partial charge in [0.15, 0.2) is 5.70 Å². The molecule has 212 valence electrons. The third-order valence-corrected chi connectivity index (χ3v) is 7.66. The highest BCUT2D eigenvalue weighted by Gasteiger charge is 2.45. The molecule has 1 unspecified atom stereocenters. The highest BCUT2D eigenvalue weighted by molar-refractivity contribution is 9.11. The Bertz CT molecular complexity index is 1450. The number of halogens is 1. The van der Waals surface area contributed by atoms with Crippen LogP contribution in [-0.2, 0) is 24.6 Å². The summed E-state index contributed by atoms with van der Waals surface area (Å²) in [5, 5.41) is 12.1. The lowest BCUT2D eigenvalue weighted by atomic mass is 10.1. The van der Waals surface area contributed by atoms with Crippen LogP contribution in [0.4, 0.5) is 14.4 Å². The van der Waals surface area contributed by atoms with Crippen LogP contribution < -0.4 is 15.5 Å². The molecule has 7 amide bonds. The van der Waals surface area contributed by atoms with Crippen molar-refractivity contribution < 1.29 is 47.1 Å². The molecule has 40 heavy (non-hydrogen) atoms. The van der Waals surface area contributed by atoms with Crippen LogP contribution in [0.25, 0.3) is 0 Å². The highest BCUT2D eigenvalue weighted by Crippen LogP contribution is 2.26. The Morgan fingerprint density at radius 2 is 1.77 bits per heavy atom. The Kier molecular flexibility index (Phi) is 7.96. The molecule has 2 saturated heterocycles. The Hall–Kier alpha value is -4.65. The zero-order chi connectivity index (χ0) is 29.2. The van der Waals surface area contributed by atoms with Gasteiger partial charge in [0.1, 0.15) is 6.04 Å². The number of rotatable bonds is 7. The standard InChI is InChI=1S/C21H20BrN7O10S/c22-13-7-4-8-28(39-18(32)12-5-2-1-3-6-12)15(13)16(30)24-27-9-10-29(21(27)36)40(37,38)25-19(33)26-11-14(17(26)31)23-20(34)35/h1-6,8,14,23H,7,9-11H2,(H,24,30)(H,25,33)(H,34,35). The maximum atomic E-state index is 13.1. The quantitative estimate of drug-likeness (QED) is 0.286. The number of hydrogen-bond donors (Lipinski definition) is 4. The average molecular weight is 642 g/mol. The first kappa shape index (κ1) is 28.4. The van der Waals surface area contributed by atoms with Crippen LogP contribution in [0.5, 0.6) is 0 Å². The van der Waals surface area contributed by atoms with Gasteiger partial charge in [-0.1, -0.05) is 40.2 Å². The Morgan fingerprint density at radius 3 is 2.42 bits per heavy atom. The molecule has 19 heteroatoms. The predicted molar refractivity (Wildman–Crippen MR) is 134 cm³/mol. The van der Waals surface area contributed by atoms with Crippen molar-refractivity contribution in [3.63, 3.8) is 0 Å².